The summed E-state index contributed by atoms with van der Waals surface area (Å²) in [6, 6.07) is 5.51. The number of carboxylic acid groups (broad SMARTS) is 1. The van der Waals surface area contributed by atoms with Gasteiger partial charge in [-0.1, -0.05) is 25.8 Å². The number of rotatable bonds is 7. The second-order valence-corrected chi connectivity index (χ2v) is 4.24. The van der Waals surface area contributed by atoms with Crippen LogP contribution in [-0.2, 0) is 6.54 Å². The predicted molar refractivity (Wildman–Crippen MR) is 67.0 cm³/mol. The lowest BCUT2D eigenvalue weighted by Gasteiger charge is -2.12. The Balaban J connectivity index is 2.46. The van der Waals surface area contributed by atoms with Gasteiger partial charge in [-0.3, -0.25) is 0 Å². The normalized spacial score (nSPS) is 12.4. The van der Waals surface area contributed by atoms with Crippen LogP contribution in [0.15, 0.2) is 18.2 Å². The molecule has 1 aromatic rings. The average molecular weight is 236 g/mol. The van der Waals surface area contributed by atoms with Gasteiger partial charge in [-0.05, 0) is 25.5 Å². The molecule has 4 nitrogen and oxygen atoms in total. The molecule has 1 rings (SSSR count). The number of aromatic nitrogens is 1. The fraction of sp³-hybridized carbons (Fsp3) is 0.538. The number of aromatic carboxylic acids is 1. The molecule has 17 heavy (non-hydrogen) atoms. The number of carboxylic acids is 1. The lowest BCUT2D eigenvalue weighted by atomic mass is 10.1. The maximum atomic E-state index is 10.7. The smallest absolute Gasteiger partial charge is 0.354 e. The lowest BCUT2D eigenvalue weighted by Crippen LogP contribution is -2.26. The Morgan fingerprint density at radius 2 is 2.29 bits per heavy atom. The van der Waals surface area contributed by atoms with Gasteiger partial charge in [-0.2, -0.15) is 0 Å². The van der Waals surface area contributed by atoms with Crippen LogP contribution < -0.4 is 5.32 Å². The molecule has 0 radical (unpaired) electrons. The Morgan fingerprint density at radius 1 is 1.53 bits per heavy atom. The van der Waals surface area contributed by atoms with Gasteiger partial charge >= 0.3 is 5.97 Å². The van der Waals surface area contributed by atoms with Crippen LogP contribution in [0.25, 0.3) is 0 Å². The molecule has 0 spiro atoms. The molecule has 1 unspecified atom stereocenters. The maximum Gasteiger partial charge on any atom is 0.354 e. The summed E-state index contributed by atoms with van der Waals surface area (Å²) < 4.78 is 0. The van der Waals surface area contributed by atoms with Crippen molar-refractivity contribution in [3.63, 3.8) is 0 Å². The third-order valence-corrected chi connectivity index (χ3v) is 2.65. The highest BCUT2D eigenvalue weighted by Crippen LogP contribution is 2.03. The summed E-state index contributed by atoms with van der Waals surface area (Å²) >= 11 is 0. The van der Waals surface area contributed by atoms with Crippen molar-refractivity contribution in [2.24, 2.45) is 0 Å². The van der Waals surface area contributed by atoms with Gasteiger partial charge in [0.15, 0.2) is 0 Å². The number of nitrogens with zero attached hydrogens (tertiary/aromatic N) is 1. The predicted octanol–water partition coefficient (Wildman–Crippen LogP) is 2.45. The number of carbonyl (C=O) groups is 1. The van der Waals surface area contributed by atoms with Crippen molar-refractivity contribution in [2.45, 2.75) is 45.7 Å². The van der Waals surface area contributed by atoms with Crippen LogP contribution >= 0.6 is 0 Å². The highest BCUT2D eigenvalue weighted by Gasteiger charge is 2.06. The molecule has 0 aromatic carbocycles. The lowest BCUT2D eigenvalue weighted by molar-refractivity contribution is 0.0690. The van der Waals surface area contributed by atoms with Crippen molar-refractivity contribution in [2.75, 3.05) is 0 Å². The molecule has 0 saturated carbocycles. The Kier molecular flexibility index (Phi) is 5.63. The average Bonchev–Trinajstić information content (AvgIpc) is 2.34. The molecule has 0 amide bonds. The second-order valence-electron chi connectivity index (χ2n) is 4.24. The van der Waals surface area contributed by atoms with Gasteiger partial charge in [0.05, 0.1) is 5.69 Å². The van der Waals surface area contributed by atoms with Gasteiger partial charge in [-0.15, -0.1) is 0 Å². The molecule has 0 fully saturated rings. The summed E-state index contributed by atoms with van der Waals surface area (Å²) in [6.07, 6.45) is 3.53. The van der Waals surface area contributed by atoms with Gasteiger partial charge in [0.1, 0.15) is 5.69 Å². The van der Waals surface area contributed by atoms with Crippen molar-refractivity contribution in [1.82, 2.24) is 10.3 Å². The zero-order valence-electron chi connectivity index (χ0n) is 10.4. The molecule has 1 aromatic heterocycles. The number of unbranched alkanes of at least 4 members (excludes halogenated alkanes) is 1. The highest BCUT2D eigenvalue weighted by atomic mass is 16.4. The highest BCUT2D eigenvalue weighted by molar-refractivity contribution is 5.85. The summed E-state index contributed by atoms with van der Waals surface area (Å²) in [7, 11) is 0. The minimum Gasteiger partial charge on any atom is -0.477 e. The molecular formula is C13H20N2O2. The van der Waals surface area contributed by atoms with E-state index < -0.39 is 5.97 Å². The monoisotopic (exact) mass is 236 g/mol. The van der Waals surface area contributed by atoms with Crippen molar-refractivity contribution >= 4 is 5.97 Å². The van der Waals surface area contributed by atoms with E-state index in [0.29, 0.717) is 12.6 Å². The third-order valence-electron chi connectivity index (χ3n) is 2.65. The van der Waals surface area contributed by atoms with E-state index >= 15 is 0 Å². The SMILES string of the molecule is CCCCC(C)NCc1cccc(C(=O)O)n1. The van der Waals surface area contributed by atoms with Gasteiger partial charge in [0.2, 0.25) is 0 Å². The number of pyridine rings is 1. The molecular weight excluding hydrogens is 216 g/mol. The first-order valence-corrected chi connectivity index (χ1v) is 6.06. The largest absolute Gasteiger partial charge is 0.477 e. The summed E-state index contributed by atoms with van der Waals surface area (Å²) in [6.45, 7) is 4.92. The van der Waals surface area contributed by atoms with Crippen molar-refractivity contribution in [1.29, 1.82) is 0 Å². The molecule has 0 aliphatic rings. The number of hydrogen-bond acceptors (Lipinski definition) is 3. The fourth-order valence-electron chi connectivity index (χ4n) is 1.59. The topological polar surface area (TPSA) is 62.2 Å². The third kappa shape index (κ3) is 4.95. The Hall–Kier alpha value is -1.42. The standard InChI is InChI=1S/C13H20N2O2/c1-3-4-6-10(2)14-9-11-7-5-8-12(15-11)13(16)17/h5,7-8,10,14H,3-4,6,9H2,1-2H3,(H,16,17). The van der Waals surface area contributed by atoms with Gasteiger partial charge in [0.25, 0.3) is 0 Å². The molecule has 2 N–H and O–H groups in total. The van der Waals surface area contributed by atoms with Crippen molar-refractivity contribution < 1.29 is 9.90 Å². The molecule has 0 aliphatic heterocycles. The minimum atomic E-state index is -0.981. The van der Waals surface area contributed by atoms with Gasteiger partial charge in [-0.25, -0.2) is 9.78 Å². The summed E-state index contributed by atoms with van der Waals surface area (Å²) in [5.41, 5.74) is 0.874. The first kappa shape index (κ1) is 13.6. The molecule has 1 atom stereocenters. The number of hydrogen-bond donors (Lipinski definition) is 2. The zero-order chi connectivity index (χ0) is 12.7. The van der Waals surface area contributed by atoms with Crippen LogP contribution in [0.3, 0.4) is 0 Å². The molecule has 94 valence electrons. The Morgan fingerprint density at radius 3 is 2.94 bits per heavy atom. The van der Waals surface area contributed by atoms with E-state index in [9.17, 15) is 4.79 Å². The molecule has 0 aliphatic carbocycles. The van der Waals surface area contributed by atoms with Crippen LogP contribution in [0, 0.1) is 0 Å². The van der Waals surface area contributed by atoms with Crippen LogP contribution in [0.2, 0.25) is 0 Å². The van der Waals surface area contributed by atoms with E-state index in [4.69, 9.17) is 5.11 Å². The first-order valence-electron chi connectivity index (χ1n) is 6.06. The summed E-state index contributed by atoms with van der Waals surface area (Å²) in [5, 5.41) is 12.2. The number of nitrogens with one attached hydrogen (secondary N) is 1. The zero-order valence-corrected chi connectivity index (χ0v) is 10.4. The molecule has 1 heterocycles. The van der Waals surface area contributed by atoms with E-state index in [0.717, 1.165) is 12.1 Å². The maximum absolute atomic E-state index is 10.7. The van der Waals surface area contributed by atoms with Crippen LogP contribution in [-0.4, -0.2) is 22.1 Å². The minimum absolute atomic E-state index is 0.102. The quantitative estimate of drug-likeness (QED) is 0.763. The van der Waals surface area contributed by atoms with E-state index in [-0.39, 0.29) is 5.69 Å². The van der Waals surface area contributed by atoms with Crippen LogP contribution in [0.4, 0.5) is 0 Å². The first-order chi connectivity index (χ1) is 8.13. The van der Waals surface area contributed by atoms with Crippen LogP contribution in [0.5, 0.6) is 0 Å². The van der Waals surface area contributed by atoms with E-state index in [1.807, 2.05) is 6.07 Å². The van der Waals surface area contributed by atoms with Crippen LogP contribution in [0.1, 0.15) is 49.3 Å². The van der Waals surface area contributed by atoms with Crippen molar-refractivity contribution in [3.8, 4) is 0 Å². The second kappa shape index (κ2) is 7.01. The van der Waals surface area contributed by atoms with E-state index in [1.165, 1.54) is 18.9 Å². The van der Waals surface area contributed by atoms with E-state index in [1.54, 1.807) is 6.07 Å². The fourth-order valence-corrected chi connectivity index (χ4v) is 1.59. The van der Waals surface area contributed by atoms with Crippen molar-refractivity contribution in [3.05, 3.63) is 29.6 Å². The Labute approximate surface area is 102 Å². The van der Waals surface area contributed by atoms with Gasteiger partial charge < -0.3 is 10.4 Å². The van der Waals surface area contributed by atoms with E-state index in [2.05, 4.69) is 24.1 Å². The molecule has 0 bridgehead atoms. The van der Waals surface area contributed by atoms with Gasteiger partial charge in [0, 0.05) is 12.6 Å². The molecule has 0 saturated heterocycles. The molecule has 4 heteroatoms. The summed E-state index contributed by atoms with van der Waals surface area (Å²) in [4.78, 5) is 14.8. The summed E-state index contributed by atoms with van der Waals surface area (Å²) in [5.74, 6) is -0.981. The Bertz CT molecular complexity index is 366.